The van der Waals surface area contributed by atoms with E-state index in [4.69, 9.17) is 5.11 Å². The molecule has 0 saturated carbocycles. The molecule has 0 fully saturated rings. The number of aryl methyl sites for hydroxylation is 1. The zero-order valence-corrected chi connectivity index (χ0v) is 7.73. The van der Waals surface area contributed by atoms with Gasteiger partial charge < -0.3 is 9.67 Å². The first-order chi connectivity index (χ1) is 6.25. The highest BCUT2D eigenvalue weighted by molar-refractivity contribution is 5.92. The minimum atomic E-state index is 0.0425. The summed E-state index contributed by atoms with van der Waals surface area (Å²) in [5.74, 6) is 0.541. The van der Waals surface area contributed by atoms with Crippen LogP contribution < -0.4 is 0 Å². The lowest BCUT2D eigenvalue weighted by atomic mass is 10.2. The number of aliphatic hydroxyl groups excluding tert-OH is 1. The molecule has 13 heavy (non-hydrogen) atoms. The van der Waals surface area contributed by atoms with Crippen molar-refractivity contribution in [3.05, 3.63) is 18.2 Å². The zero-order valence-electron chi connectivity index (χ0n) is 7.73. The van der Waals surface area contributed by atoms with Crippen molar-refractivity contribution in [1.82, 2.24) is 9.55 Å². The number of imidazole rings is 1. The molecule has 1 rings (SSSR count). The number of aromatic nitrogens is 2. The zero-order chi connectivity index (χ0) is 9.68. The van der Waals surface area contributed by atoms with Crippen LogP contribution in [0.2, 0.25) is 0 Å². The quantitative estimate of drug-likeness (QED) is 0.540. The van der Waals surface area contributed by atoms with E-state index in [2.05, 4.69) is 4.98 Å². The van der Waals surface area contributed by atoms with E-state index >= 15 is 0 Å². The molecule has 4 nitrogen and oxygen atoms in total. The molecule has 1 heterocycles. The van der Waals surface area contributed by atoms with E-state index in [-0.39, 0.29) is 12.4 Å². The molecule has 1 aromatic rings. The van der Waals surface area contributed by atoms with Gasteiger partial charge in [0.2, 0.25) is 0 Å². The molecule has 0 bridgehead atoms. The number of Topliss-reactive ketones (excluding diaryl/α,β-unsaturated/α-hetero) is 1. The van der Waals surface area contributed by atoms with E-state index in [0.717, 1.165) is 6.42 Å². The largest absolute Gasteiger partial charge is 0.396 e. The summed E-state index contributed by atoms with van der Waals surface area (Å²) >= 11 is 0. The minimum Gasteiger partial charge on any atom is -0.396 e. The molecule has 0 unspecified atom stereocenters. The first-order valence-corrected chi connectivity index (χ1v) is 4.37. The van der Waals surface area contributed by atoms with E-state index in [0.29, 0.717) is 18.7 Å². The Kier molecular flexibility index (Phi) is 3.64. The third-order valence-corrected chi connectivity index (χ3v) is 1.88. The molecular weight excluding hydrogens is 168 g/mol. The Morgan fingerprint density at radius 3 is 2.92 bits per heavy atom. The molecule has 0 aliphatic carbocycles. The number of hydrogen-bond acceptors (Lipinski definition) is 3. The molecule has 1 aromatic heterocycles. The Morgan fingerprint density at radius 1 is 1.62 bits per heavy atom. The Labute approximate surface area is 77.2 Å². The summed E-state index contributed by atoms with van der Waals surface area (Å²) in [6.07, 6.45) is 5.22. The first-order valence-electron chi connectivity index (χ1n) is 4.37. The topological polar surface area (TPSA) is 55.1 Å². The fourth-order valence-corrected chi connectivity index (χ4v) is 1.14. The van der Waals surface area contributed by atoms with Crippen LogP contribution in [-0.2, 0) is 7.05 Å². The number of unbranched alkanes of at least 4 members (excludes halogenated alkanes) is 1. The van der Waals surface area contributed by atoms with Gasteiger partial charge in [0.25, 0.3) is 0 Å². The Hall–Kier alpha value is -1.16. The van der Waals surface area contributed by atoms with E-state index in [1.165, 1.54) is 0 Å². The predicted octanol–water partition coefficient (Wildman–Crippen LogP) is 0.765. The minimum absolute atomic E-state index is 0.0425. The maximum atomic E-state index is 11.4. The van der Waals surface area contributed by atoms with Crippen molar-refractivity contribution in [1.29, 1.82) is 0 Å². The highest BCUT2D eigenvalue weighted by Crippen LogP contribution is 2.03. The first kappa shape index (κ1) is 9.92. The van der Waals surface area contributed by atoms with Crippen molar-refractivity contribution in [3.8, 4) is 0 Å². The summed E-state index contributed by atoms with van der Waals surface area (Å²) < 4.78 is 1.71. The average Bonchev–Trinajstić information content (AvgIpc) is 2.52. The molecule has 4 heteroatoms. The van der Waals surface area contributed by atoms with Gasteiger partial charge in [0.15, 0.2) is 11.6 Å². The van der Waals surface area contributed by atoms with Gasteiger partial charge in [-0.05, 0) is 12.8 Å². The lowest BCUT2D eigenvalue weighted by molar-refractivity contribution is 0.0964. The molecule has 0 amide bonds. The average molecular weight is 182 g/mol. The van der Waals surface area contributed by atoms with Crippen LogP contribution >= 0.6 is 0 Å². The van der Waals surface area contributed by atoms with Crippen molar-refractivity contribution in [3.63, 3.8) is 0 Å². The molecule has 0 aliphatic heterocycles. The van der Waals surface area contributed by atoms with Crippen molar-refractivity contribution in [2.45, 2.75) is 19.3 Å². The van der Waals surface area contributed by atoms with Gasteiger partial charge >= 0.3 is 0 Å². The number of ketones is 1. The molecule has 1 N–H and O–H groups in total. The highest BCUT2D eigenvalue weighted by Gasteiger charge is 2.09. The second kappa shape index (κ2) is 4.77. The van der Waals surface area contributed by atoms with Gasteiger partial charge in [0, 0.05) is 32.5 Å². The molecule has 0 radical (unpaired) electrons. The Bertz CT molecular complexity index is 281. The lowest BCUT2D eigenvalue weighted by Gasteiger charge is -1.99. The second-order valence-electron chi connectivity index (χ2n) is 2.97. The van der Waals surface area contributed by atoms with Crippen LogP contribution in [0, 0.1) is 0 Å². The highest BCUT2D eigenvalue weighted by atomic mass is 16.2. The van der Waals surface area contributed by atoms with Gasteiger partial charge in [-0.15, -0.1) is 0 Å². The third-order valence-electron chi connectivity index (χ3n) is 1.88. The van der Waals surface area contributed by atoms with Crippen LogP contribution in [0.1, 0.15) is 29.9 Å². The van der Waals surface area contributed by atoms with Crippen molar-refractivity contribution < 1.29 is 9.90 Å². The van der Waals surface area contributed by atoms with Crippen molar-refractivity contribution in [2.75, 3.05) is 6.61 Å². The van der Waals surface area contributed by atoms with Crippen LogP contribution in [-0.4, -0.2) is 27.0 Å². The van der Waals surface area contributed by atoms with Gasteiger partial charge in [0.1, 0.15) is 0 Å². The van der Waals surface area contributed by atoms with Gasteiger partial charge in [-0.25, -0.2) is 4.98 Å². The van der Waals surface area contributed by atoms with Gasteiger partial charge in [0.05, 0.1) is 0 Å². The molecule has 0 atom stereocenters. The summed E-state index contributed by atoms with van der Waals surface area (Å²) in [4.78, 5) is 15.4. The van der Waals surface area contributed by atoms with Crippen LogP contribution in [0.15, 0.2) is 12.4 Å². The predicted molar refractivity (Wildman–Crippen MR) is 48.5 cm³/mol. The number of nitrogens with zero attached hydrogens (tertiary/aromatic N) is 2. The van der Waals surface area contributed by atoms with Crippen molar-refractivity contribution >= 4 is 5.78 Å². The maximum absolute atomic E-state index is 11.4. The number of rotatable bonds is 5. The smallest absolute Gasteiger partial charge is 0.198 e. The molecule has 72 valence electrons. The van der Waals surface area contributed by atoms with Gasteiger partial charge in [-0.1, -0.05) is 0 Å². The summed E-state index contributed by atoms with van der Waals surface area (Å²) in [5, 5.41) is 8.53. The summed E-state index contributed by atoms with van der Waals surface area (Å²) in [5.41, 5.74) is 0. The molecule has 0 saturated heterocycles. The fraction of sp³-hybridized carbons (Fsp3) is 0.556. The van der Waals surface area contributed by atoms with Crippen LogP contribution in [0.3, 0.4) is 0 Å². The summed E-state index contributed by atoms with van der Waals surface area (Å²) in [6.45, 7) is 0.147. The van der Waals surface area contributed by atoms with E-state index in [1.54, 1.807) is 24.0 Å². The molecule has 0 aliphatic rings. The number of carbonyl (C=O) groups excluding carboxylic acids is 1. The van der Waals surface area contributed by atoms with E-state index in [1.807, 2.05) is 0 Å². The van der Waals surface area contributed by atoms with Crippen LogP contribution in [0.4, 0.5) is 0 Å². The third kappa shape index (κ3) is 2.66. The number of aliphatic hydroxyl groups is 1. The molecule has 0 spiro atoms. The van der Waals surface area contributed by atoms with E-state index < -0.39 is 0 Å². The van der Waals surface area contributed by atoms with Gasteiger partial charge in [-0.3, -0.25) is 4.79 Å². The fourth-order valence-electron chi connectivity index (χ4n) is 1.14. The number of hydrogen-bond donors (Lipinski definition) is 1. The Balaban J connectivity index is 2.45. The lowest BCUT2D eigenvalue weighted by Crippen LogP contribution is -2.07. The second-order valence-corrected chi connectivity index (χ2v) is 2.97. The summed E-state index contributed by atoms with van der Waals surface area (Å²) in [7, 11) is 1.80. The van der Waals surface area contributed by atoms with Crippen LogP contribution in [0.5, 0.6) is 0 Å². The van der Waals surface area contributed by atoms with Crippen LogP contribution in [0.25, 0.3) is 0 Å². The number of carbonyl (C=O) groups is 1. The Morgan fingerprint density at radius 2 is 2.38 bits per heavy atom. The molecular formula is C9H14N2O2. The van der Waals surface area contributed by atoms with E-state index in [9.17, 15) is 4.79 Å². The SMILES string of the molecule is Cn1ccnc1C(=O)CCCCO. The van der Waals surface area contributed by atoms with Crippen molar-refractivity contribution in [2.24, 2.45) is 7.05 Å². The standard InChI is InChI=1S/C9H14N2O2/c1-11-6-5-10-9(11)8(13)4-2-3-7-12/h5-6,12H,2-4,7H2,1H3. The maximum Gasteiger partial charge on any atom is 0.198 e. The normalized spacial score (nSPS) is 10.3. The molecule has 0 aromatic carbocycles. The summed E-state index contributed by atoms with van der Waals surface area (Å²) in [6, 6.07) is 0. The van der Waals surface area contributed by atoms with Gasteiger partial charge in [-0.2, -0.15) is 0 Å². The monoisotopic (exact) mass is 182 g/mol.